The molecule has 0 fully saturated rings. The summed E-state index contributed by atoms with van der Waals surface area (Å²) in [7, 11) is -2.33. The standard InChI is InChI=1S/C12H12FNO2S2/c1-14(9-10-5-4-8-17-10)18(15,16)12-7-3-2-6-11(12)13/h2-8H,9H2,1H3. The molecule has 6 heteroatoms. The molecule has 0 aliphatic heterocycles. The van der Waals surface area contributed by atoms with Gasteiger partial charge in [-0.2, -0.15) is 4.31 Å². The summed E-state index contributed by atoms with van der Waals surface area (Å²) < 4.78 is 39.0. The molecule has 0 N–H and O–H groups in total. The lowest BCUT2D eigenvalue weighted by Gasteiger charge is -2.16. The lowest BCUT2D eigenvalue weighted by atomic mass is 10.4. The highest BCUT2D eigenvalue weighted by molar-refractivity contribution is 7.89. The van der Waals surface area contributed by atoms with Crippen molar-refractivity contribution in [2.24, 2.45) is 0 Å². The van der Waals surface area contributed by atoms with Gasteiger partial charge in [-0.3, -0.25) is 0 Å². The topological polar surface area (TPSA) is 37.4 Å². The summed E-state index contributed by atoms with van der Waals surface area (Å²) >= 11 is 1.47. The van der Waals surface area contributed by atoms with E-state index in [2.05, 4.69) is 0 Å². The second-order valence-electron chi connectivity index (χ2n) is 3.77. The van der Waals surface area contributed by atoms with Crippen molar-refractivity contribution in [3.05, 3.63) is 52.5 Å². The van der Waals surface area contributed by atoms with Gasteiger partial charge in [0.05, 0.1) is 0 Å². The van der Waals surface area contributed by atoms with Crippen LogP contribution < -0.4 is 0 Å². The van der Waals surface area contributed by atoms with E-state index in [1.165, 1.54) is 36.6 Å². The number of rotatable bonds is 4. The normalized spacial score (nSPS) is 11.9. The molecule has 96 valence electrons. The first-order valence-electron chi connectivity index (χ1n) is 5.25. The molecule has 0 aliphatic carbocycles. The zero-order valence-corrected chi connectivity index (χ0v) is 11.3. The van der Waals surface area contributed by atoms with E-state index in [4.69, 9.17) is 0 Å². The maximum absolute atomic E-state index is 13.5. The summed E-state index contributed by atoms with van der Waals surface area (Å²) in [4.78, 5) is 0.626. The summed E-state index contributed by atoms with van der Waals surface area (Å²) in [6.45, 7) is 0.244. The van der Waals surface area contributed by atoms with E-state index in [0.29, 0.717) is 0 Å². The number of thiophene rings is 1. The first-order valence-corrected chi connectivity index (χ1v) is 7.57. The first-order chi connectivity index (χ1) is 8.51. The van der Waals surface area contributed by atoms with E-state index < -0.39 is 15.8 Å². The molecule has 1 heterocycles. The van der Waals surface area contributed by atoms with Crippen molar-refractivity contribution in [1.82, 2.24) is 4.31 Å². The fraction of sp³-hybridized carbons (Fsp3) is 0.167. The van der Waals surface area contributed by atoms with Crippen LogP contribution in [0.25, 0.3) is 0 Å². The van der Waals surface area contributed by atoms with E-state index in [-0.39, 0.29) is 11.4 Å². The minimum atomic E-state index is -3.78. The third-order valence-corrected chi connectivity index (χ3v) is 5.18. The summed E-state index contributed by atoms with van der Waals surface area (Å²) in [5.74, 6) is -0.726. The van der Waals surface area contributed by atoms with Crippen molar-refractivity contribution >= 4 is 21.4 Å². The Kier molecular flexibility index (Phi) is 3.79. The zero-order valence-electron chi connectivity index (χ0n) is 9.71. The van der Waals surface area contributed by atoms with Gasteiger partial charge in [-0.05, 0) is 23.6 Å². The number of hydrogen-bond acceptors (Lipinski definition) is 3. The van der Waals surface area contributed by atoms with Crippen LogP contribution >= 0.6 is 11.3 Å². The van der Waals surface area contributed by atoms with Crippen LogP contribution in [0.2, 0.25) is 0 Å². The van der Waals surface area contributed by atoms with E-state index in [0.717, 1.165) is 15.2 Å². The molecule has 0 amide bonds. The molecule has 0 aliphatic rings. The second kappa shape index (κ2) is 5.17. The van der Waals surface area contributed by atoms with E-state index in [1.54, 1.807) is 0 Å². The molecular formula is C12H12FNO2S2. The predicted molar refractivity (Wildman–Crippen MR) is 69.4 cm³/mol. The molecule has 0 bridgehead atoms. The fourth-order valence-corrected chi connectivity index (χ4v) is 3.58. The summed E-state index contributed by atoms with van der Waals surface area (Å²) in [6.07, 6.45) is 0. The molecule has 0 unspecified atom stereocenters. The van der Waals surface area contributed by atoms with Gasteiger partial charge >= 0.3 is 0 Å². The number of sulfonamides is 1. The smallest absolute Gasteiger partial charge is 0.207 e. The van der Waals surface area contributed by atoms with E-state index in [1.807, 2.05) is 17.5 Å². The molecule has 0 atom stereocenters. The number of halogens is 1. The predicted octanol–water partition coefficient (Wildman–Crippen LogP) is 2.71. The van der Waals surface area contributed by atoms with Gasteiger partial charge in [0.25, 0.3) is 0 Å². The molecule has 0 saturated carbocycles. The SMILES string of the molecule is CN(Cc1cccs1)S(=O)(=O)c1ccccc1F. The van der Waals surface area contributed by atoms with Crippen LogP contribution in [0, 0.1) is 5.82 Å². The molecule has 2 aromatic rings. The molecular weight excluding hydrogens is 273 g/mol. The molecule has 2 rings (SSSR count). The molecule has 0 spiro atoms. The van der Waals surface area contributed by atoms with Crippen LogP contribution in [-0.2, 0) is 16.6 Å². The molecule has 1 aromatic carbocycles. The van der Waals surface area contributed by atoms with Crippen LogP contribution in [0.15, 0.2) is 46.7 Å². The summed E-state index contributed by atoms with van der Waals surface area (Å²) in [5.41, 5.74) is 0. The third kappa shape index (κ3) is 2.60. The highest BCUT2D eigenvalue weighted by Crippen LogP contribution is 2.20. The minimum absolute atomic E-state index is 0.244. The van der Waals surface area contributed by atoms with Gasteiger partial charge in [-0.1, -0.05) is 18.2 Å². The van der Waals surface area contributed by atoms with Crippen LogP contribution in [-0.4, -0.2) is 19.8 Å². The Bertz CT molecular complexity index is 623. The van der Waals surface area contributed by atoms with Gasteiger partial charge in [0.15, 0.2) is 0 Å². The van der Waals surface area contributed by atoms with Crippen molar-refractivity contribution in [3.8, 4) is 0 Å². The Balaban J connectivity index is 2.29. The van der Waals surface area contributed by atoms with Gasteiger partial charge in [0.1, 0.15) is 10.7 Å². The first kappa shape index (κ1) is 13.2. The lowest BCUT2D eigenvalue weighted by Crippen LogP contribution is -2.26. The van der Waals surface area contributed by atoms with Crippen molar-refractivity contribution in [3.63, 3.8) is 0 Å². The molecule has 0 radical (unpaired) electrons. The Labute approximate surface area is 110 Å². The monoisotopic (exact) mass is 285 g/mol. The minimum Gasteiger partial charge on any atom is -0.207 e. The van der Waals surface area contributed by atoms with E-state index in [9.17, 15) is 12.8 Å². The van der Waals surface area contributed by atoms with Gasteiger partial charge in [-0.15, -0.1) is 11.3 Å². The number of nitrogens with zero attached hydrogens (tertiary/aromatic N) is 1. The maximum Gasteiger partial charge on any atom is 0.246 e. The van der Waals surface area contributed by atoms with Crippen molar-refractivity contribution in [2.75, 3.05) is 7.05 Å². The van der Waals surface area contributed by atoms with Gasteiger partial charge in [-0.25, -0.2) is 12.8 Å². The summed E-state index contributed by atoms with van der Waals surface area (Å²) in [6, 6.07) is 9.09. The third-order valence-electron chi connectivity index (χ3n) is 2.48. The fourth-order valence-electron chi connectivity index (χ4n) is 1.53. The Hall–Kier alpha value is -1.24. The van der Waals surface area contributed by atoms with Crippen molar-refractivity contribution in [2.45, 2.75) is 11.4 Å². The highest BCUT2D eigenvalue weighted by atomic mass is 32.2. The number of hydrogen-bond donors (Lipinski definition) is 0. The molecule has 18 heavy (non-hydrogen) atoms. The second-order valence-corrected chi connectivity index (χ2v) is 6.82. The van der Waals surface area contributed by atoms with Crippen molar-refractivity contribution in [1.29, 1.82) is 0 Å². The van der Waals surface area contributed by atoms with Crippen molar-refractivity contribution < 1.29 is 12.8 Å². The summed E-state index contributed by atoms with van der Waals surface area (Å²) in [5, 5.41) is 1.87. The number of benzene rings is 1. The quantitative estimate of drug-likeness (QED) is 0.866. The molecule has 3 nitrogen and oxygen atoms in total. The highest BCUT2D eigenvalue weighted by Gasteiger charge is 2.24. The van der Waals surface area contributed by atoms with Gasteiger partial charge < -0.3 is 0 Å². The maximum atomic E-state index is 13.5. The zero-order chi connectivity index (χ0) is 13.2. The van der Waals surface area contributed by atoms with Crippen LogP contribution in [0.3, 0.4) is 0 Å². The largest absolute Gasteiger partial charge is 0.246 e. The average molecular weight is 285 g/mol. The van der Waals surface area contributed by atoms with E-state index >= 15 is 0 Å². The average Bonchev–Trinajstić information content (AvgIpc) is 2.82. The Morgan fingerprint density at radius 2 is 1.94 bits per heavy atom. The molecule has 0 saturated heterocycles. The van der Waals surface area contributed by atoms with Crippen LogP contribution in [0.4, 0.5) is 4.39 Å². The lowest BCUT2D eigenvalue weighted by molar-refractivity contribution is 0.462. The van der Waals surface area contributed by atoms with Crippen LogP contribution in [0.1, 0.15) is 4.88 Å². The van der Waals surface area contributed by atoms with Crippen LogP contribution in [0.5, 0.6) is 0 Å². The Morgan fingerprint density at radius 3 is 2.56 bits per heavy atom. The Morgan fingerprint density at radius 1 is 1.22 bits per heavy atom. The van der Waals surface area contributed by atoms with Gasteiger partial charge in [0.2, 0.25) is 10.0 Å². The van der Waals surface area contributed by atoms with Gasteiger partial charge in [0, 0.05) is 18.5 Å². The molecule has 1 aromatic heterocycles.